The Morgan fingerprint density at radius 3 is 2.45 bits per heavy atom. The Hall–Kier alpha value is -0.300. The van der Waals surface area contributed by atoms with Gasteiger partial charge in [0.05, 0.1) is 0 Å². The van der Waals surface area contributed by atoms with E-state index < -0.39 is 0 Å². The molecule has 0 aliphatic heterocycles. The summed E-state index contributed by atoms with van der Waals surface area (Å²) in [5, 5.41) is 3.26. The maximum Gasteiger partial charge on any atom is 0.00394 e. The smallest absolute Gasteiger partial charge is 0.00394 e. The van der Waals surface area contributed by atoms with Gasteiger partial charge < -0.3 is 5.32 Å². The van der Waals surface area contributed by atoms with Crippen LogP contribution in [0.1, 0.15) is 32.1 Å². The molecular formula is C10H19N. The van der Waals surface area contributed by atoms with Gasteiger partial charge >= 0.3 is 0 Å². The van der Waals surface area contributed by atoms with Gasteiger partial charge in [-0.3, -0.25) is 0 Å². The highest BCUT2D eigenvalue weighted by molar-refractivity contribution is 4.97. The Kier molecular flexibility index (Phi) is 3.13. The van der Waals surface area contributed by atoms with E-state index >= 15 is 0 Å². The highest BCUT2D eigenvalue weighted by Gasteiger charge is 2.27. The van der Waals surface area contributed by atoms with Crippen molar-refractivity contribution in [2.24, 2.45) is 5.41 Å². The molecule has 0 spiro atoms. The second-order valence-corrected chi connectivity index (χ2v) is 3.66. The topological polar surface area (TPSA) is 12.0 Å². The van der Waals surface area contributed by atoms with Gasteiger partial charge in [0.15, 0.2) is 0 Å². The third-order valence-corrected chi connectivity index (χ3v) is 2.81. The first kappa shape index (κ1) is 8.79. The maximum absolute atomic E-state index is 3.94. The van der Waals surface area contributed by atoms with Crippen molar-refractivity contribution in [2.75, 3.05) is 13.6 Å². The summed E-state index contributed by atoms with van der Waals surface area (Å²) >= 11 is 0. The van der Waals surface area contributed by atoms with E-state index in [0.717, 1.165) is 6.54 Å². The van der Waals surface area contributed by atoms with Crippen LogP contribution < -0.4 is 5.32 Å². The Morgan fingerprint density at radius 1 is 1.36 bits per heavy atom. The summed E-state index contributed by atoms with van der Waals surface area (Å²) < 4.78 is 0. The molecule has 0 unspecified atom stereocenters. The van der Waals surface area contributed by atoms with Crippen molar-refractivity contribution in [3.05, 3.63) is 12.7 Å². The van der Waals surface area contributed by atoms with Crippen LogP contribution in [0, 0.1) is 5.41 Å². The zero-order valence-electron chi connectivity index (χ0n) is 7.53. The van der Waals surface area contributed by atoms with Crippen LogP contribution in [0.25, 0.3) is 0 Å². The number of nitrogens with one attached hydrogen (secondary N) is 1. The van der Waals surface area contributed by atoms with Crippen molar-refractivity contribution in [2.45, 2.75) is 32.1 Å². The molecule has 0 aromatic heterocycles. The first-order valence-electron chi connectivity index (χ1n) is 4.61. The quantitative estimate of drug-likeness (QED) is 0.614. The molecule has 0 amide bonds. The molecule has 0 saturated heterocycles. The lowest BCUT2D eigenvalue weighted by Crippen LogP contribution is -2.32. The zero-order valence-corrected chi connectivity index (χ0v) is 7.53. The van der Waals surface area contributed by atoms with Crippen LogP contribution in [0.3, 0.4) is 0 Å². The van der Waals surface area contributed by atoms with Gasteiger partial charge in [0, 0.05) is 12.0 Å². The van der Waals surface area contributed by atoms with Gasteiger partial charge in [-0.15, -0.1) is 6.58 Å². The second-order valence-electron chi connectivity index (χ2n) is 3.66. The van der Waals surface area contributed by atoms with E-state index in [2.05, 4.69) is 18.0 Å². The molecule has 11 heavy (non-hydrogen) atoms. The van der Waals surface area contributed by atoms with Crippen LogP contribution >= 0.6 is 0 Å². The molecule has 1 saturated carbocycles. The van der Waals surface area contributed by atoms with E-state index in [1.807, 2.05) is 7.05 Å². The molecular weight excluding hydrogens is 134 g/mol. The lowest BCUT2D eigenvalue weighted by molar-refractivity contribution is 0.253. The van der Waals surface area contributed by atoms with Gasteiger partial charge in [0.1, 0.15) is 0 Å². The SMILES string of the molecule is C=CC1(CNC)CCCCC1. The van der Waals surface area contributed by atoms with Crippen molar-refractivity contribution in [3.63, 3.8) is 0 Å². The van der Waals surface area contributed by atoms with E-state index in [-0.39, 0.29) is 0 Å². The van der Waals surface area contributed by atoms with Crippen LogP contribution in [0.2, 0.25) is 0 Å². The van der Waals surface area contributed by atoms with E-state index in [0.29, 0.717) is 5.41 Å². The predicted molar refractivity (Wildman–Crippen MR) is 49.6 cm³/mol. The lowest BCUT2D eigenvalue weighted by atomic mass is 9.74. The molecule has 0 bridgehead atoms. The van der Waals surface area contributed by atoms with Crippen LogP contribution in [0.15, 0.2) is 12.7 Å². The van der Waals surface area contributed by atoms with Crippen molar-refractivity contribution in [1.82, 2.24) is 5.32 Å². The molecule has 1 fully saturated rings. The molecule has 64 valence electrons. The number of hydrogen-bond donors (Lipinski definition) is 1. The molecule has 1 heteroatoms. The van der Waals surface area contributed by atoms with Crippen LogP contribution in [-0.4, -0.2) is 13.6 Å². The Balaban J connectivity index is 2.49. The normalized spacial score (nSPS) is 23.0. The summed E-state index contributed by atoms with van der Waals surface area (Å²) in [6, 6.07) is 0. The molecule has 0 radical (unpaired) electrons. The van der Waals surface area contributed by atoms with Gasteiger partial charge in [0.2, 0.25) is 0 Å². The van der Waals surface area contributed by atoms with Gasteiger partial charge in [-0.1, -0.05) is 25.3 Å². The fourth-order valence-corrected chi connectivity index (χ4v) is 2.06. The first-order chi connectivity index (χ1) is 5.33. The van der Waals surface area contributed by atoms with Crippen molar-refractivity contribution < 1.29 is 0 Å². The van der Waals surface area contributed by atoms with Crippen LogP contribution in [0.5, 0.6) is 0 Å². The van der Waals surface area contributed by atoms with Crippen molar-refractivity contribution in [3.8, 4) is 0 Å². The van der Waals surface area contributed by atoms with Gasteiger partial charge in [0.25, 0.3) is 0 Å². The van der Waals surface area contributed by atoms with Gasteiger partial charge in [-0.25, -0.2) is 0 Å². The van der Waals surface area contributed by atoms with E-state index in [1.165, 1.54) is 32.1 Å². The average molecular weight is 153 g/mol. The number of rotatable bonds is 3. The highest BCUT2D eigenvalue weighted by Crippen LogP contribution is 2.36. The summed E-state index contributed by atoms with van der Waals surface area (Å²) in [6.07, 6.45) is 9.00. The minimum Gasteiger partial charge on any atom is -0.319 e. The first-order valence-corrected chi connectivity index (χ1v) is 4.61. The average Bonchev–Trinajstić information content (AvgIpc) is 2.07. The fourth-order valence-electron chi connectivity index (χ4n) is 2.06. The minimum absolute atomic E-state index is 0.424. The van der Waals surface area contributed by atoms with Crippen molar-refractivity contribution >= 4 is 0 Å². The Bertz CT molecular complexity index is 117. The molecule has 1 rings (SSSR count). The third-order valence-electron chi connectivity index (χ3n) is 2.81. The molecule has 0 aromatic rings. The second kappa shape index (κ2) is 3.91. The molecule has 0 aromatic carbocycles. The lowest BCUT2D eigenvalue weighted by Gasteiger charge is -2.34. The summed E-state index contributed by atoms with van der Waals surface area (Å²) in [4.78, 5) is 0. The standard InChI is InChI=1S/C10H19N/c1-3-10(9-11-2)7-5-4-6-8-10/h3,11H,1,4-9H2,2H3. The largest absolute Gasteiger partial charge is 0.319 e. The fraction of sp³-hybridized carbons (Fsp3) is 0.800. The van der Waals surface area contributed by atoms with Crippen LogP contribution in [0.4, 0.5) is 0 Å². The van der Waals surface area contributed by atoms with Crippen molar-refractivity contribution in [1.29, 1.82) is 0 Å². The Morgan fingerprint density at radius 2 is 2.00 bits per heavy atom. The zero-order chi connectivity index (χ0) is 8.16. The molecule has 0 atom stereocenters. The predicted octanol–water partition coefficient (Wildman–Crippen LogP) is 2.34. The summed E-state index contributed by atoms with van der Waals surface area (Å²) in [6.45, 7) is 5.04. The molecule has 1 N–H and O–H groups in total. The van der Waals surface area contributed by atoms with Gasteiger partial charge in [-0.05, 0) is 19.9 Å². The molecule has 0 heterocycles. The van der Waals surface area contributed by atoms with E-state index in [4.69, 9.17) is 0 Å². The van der Waals surface area contributed by atoms with E-state index in [9.17, 15) is 0 Å². The Labute approximate surface area is 69.9 Å². The van der Waals surface area contributed by atoms with E-state index in [1.54, 1.807) is 0 Å². The third kappa shape index (κ3) is 2.06. The summed E-state index contributed by atoms with van der Waals surface area (Å²) in [5.41, 5.74) is 0.424. The van der Waals surface area contributed by atoms with Crippen LogP contribution in [-0.2, 0) is 0 Å². The van der Waals surface area contributed by atoms with Gasteiger partial charge in [-0.2, -0.15) is 0 Å². The number of hydrogen-bond acceptors (Lipinski definition) is 1. The summed E-state index contributed by atoms with van der Waals surface area (Å²) in [7, 11) is 2.03. The maximum atomic E-state index is 3.94. The molecule has 1 aliphatic carbocycles. The summed E-state index contributed by atoms with van der Waals surface area (Å²) in [5.74, 6) is 0. The minimum atomic E-state index is 0.424. The highest BCUT2D eigenvalue weighted by atomic mass is 14.8. The molecule has 1 nitrogen and oxygen atoms in total. The monoisotopic (exact) mass is 153 g/mol. The molecule has 1 aliphatic rings.